The van der Waals surface area contributed by atoms with Crippen LogP contribution in [0.4, 0.5) is 0 Å². The lowest BCUT2D eigenvalue weighted by Crippen LogP contribution is -2.60. The summed E-state index contributed by atoms with van der Waals surface area (Å²) < 4.78 is 16.7. The summed E-state index contributed by atoms with van der Waals surface area (Å²) in [7, 11) is 0. The van der Waals surface area contributed by atoms with Gasteiger partial charge in [-0.1, -0.05) is 345 Å². The Kier molecular flexibility index (Phi) is 67.6. The molecule has 0 aromatic rings. The van der Waals surface area contributed by atoms with Gasteiger partial charge in [0.2, 0.25) is 5.91 Å². The third-order valence-electron chi connectivity index (χ3n) is 19.2. The predicted octanol–water partition coefficient (Wildman–Crippen LogP) is 21.9. The molecule has 93 heavy (non-hydrogen) atoms. The molecule has 0 saturated carbocycles. The lowest BCUT2D eigenvalue weighted by molar-refractivity contribution is -0.302. The summed E-state index contributed by atoms with van der Waals surface area (Å²) in [6.07, 6.45) is 84.5. The van der Waals surface area contributed by atoms with Gasteiger partial charge in [0.25, 0.3) is 0 Å². The highest BCUT2D eigenvalue weighted by Crippen LogP contribution is 2.24. The number of hydrogen-bond donors (Lipinski definition) is 6. The number of ether oxygens (including phenoxy) is 3. The molecule has 1 aliphatic rings. The first kappa shape index (κ1) is 88.6. The molecule has 0 aromatic carbocycles. The topological polar surface area (TPSA) is 175 Å². The molecule has 11 nitrogen and oxygen atoms in total. The summed E-state index contributed by atoms with van der Waals surface area (Å²) in [5.41, 5.74) is 0. The standard InChI is InChI=1S/C82H153NO10/c1-3-5-7-9-11-13-14-15-16-17-37-41-44-47-50-54-58-62-66-70-78(87)91-71-67-63-59-55-51-48-45-42-39-36-34-32-30-28-26-24-22-20-18-19-21-23-25-27-29-31-33-35-38-40-43-46-49-53-57-61-65-69-77(86)83-74(75(85)68-64-60-56-52-12-10-8-6-4-2)73-92-82-81(90)80(89)79(88)76(72-84)93-82/h15-16,18,20,24,26,64,68,74-76,79-82,84-85,88-90H,3-14,17,19,21-23,25,27-63,65-67,69-73H2,1-2H3,(H,83,86)/b16-15-,20-18-,26-24-,68-64+. The smallest absolute Gasteiger partial charge is 0.305 e. The fourth-order valence-corrected chi connectivity index (χ4v) is 12.8. The van der Waals surface area contributed by atoms with Crippen LogP contribution in [-0.4, -0.2) is 100 Å². The maximum absolute atomic E-state index is 13.0. The van der Waals surface area contributed by atoms with Gasteiger partial charge in [-0.05, 0) is 89.9 Å². The summed E-state index contributed by atoms with van der Waals surface area (Å²) in [6.45, 7) is 4.35. The van der Waals surface area contributed by atoms with Gasteiger partial charge < -0.3 is 45.1 Å². The molecule has 7 unspecified atom stereocenters. The van der Waals surface area contributed by atoms with Crippen molar-refractivity contribution in [2.75, 3.05) is 19.8 Å². The van der Waals surface area contributed by atoms with Crippen molar-refractivity contribution < 1.29 is 49.3 Å². The van der Waals surface area contributed by atoms with E-state index in [4.69, 9.17) is 14.2 Å². The summed E-state index contributed by atoms with van der Waals surface area (Å²) in [4.78, 5) is 25.2. The summed E-state index contributed by atoms with van der Waals surface area (Å²) in [5, 5.41) is 54.3. The molecule has 1 rings (SSSR count). The van der Waals surface area contributed by atoms with E-state index in [9.17, 15) is 35.1 Å². The number of carbonyl (C=O) groups excluding carboxylic acids is 2. The SMILES string of the molecule is CCCCCCCC/C=C\CCCCCCCCCCCC(=O)OCCCCCCCCCCCCCCC/C=C\C/C=C\CCCCCCCCCCCCCCCCCCCC(=O)NC(COC1OC(CO)C(O)C(O)C1O)C(O)/C=C/CCCCCCCCC. The normalized spacial score (nSPS) is 17.7. The van der Waals surface area contributed by atoms with Crippen LogP contribution >= 0.6 is 0 Å². The minimum absolute atomic E-state index is 0.0126. The second-order valence-corrected chi connectivity index (χ2v) is 28.1. The van der Waals surface area contributed by atoms with Crippen LogP contribution < -0.4 is 5.32 Å². The third kappa shape index (κ3) is 59.4. The first-order valence-corrected chi connectivity index (χ1v) is 40.4. The quantitative estimate of drug-likeness (QED) is 0.0195. The minimum Gasteiger partial charge on any atom is -0.466 e. The Morgan fingerprint density at radius 1 is 0.398 bits per heavy atom. The third-order valence-corrected chi connectivity index (χ3v) is 19.2. The van der Waals surface area contributed by atoms with E-state index >= 15 is 0 Å². The van der Waals surface area contributed by atoms with Crippen LogP contribution in [0.25, 0.3) is 0 Å². The molecule has 7 atom stereocenters. The number of nitrogens with one attached hydrogen (secondary N) is 1. The van der Waals surface area contributed by atoms with Gasteiger partial charge in [-0.2, -0.15) is 0 Å². The average Bonchev–Trinajstić information content (AvgIpc) is 0.878. The van der Waals surface area contributed by atoms with Crippen molar-refractivity contribution in [1.82, 2.24) is 5.32 Å². The highest BCUT2D eigenvalue weighted by Gasteiger charge is 2.44. The molecular formula is C82H153NO10. The Balaban J connectivity index is 1.86. The Morgan fingerprint density at radius 2 is 0.720 bits per heavy atom. The number of hydrogen-bond acceptors (Lipinski definition) is 10. The largest absolute Gasteiger partial charge is 0.466 e. The van der Waals surface area contributed by atoms with E-state index in [-0.39, 0.29) is 18.5 Å². The number of amides is 1. The van der Waals surface area contributed by atoms with Crippen molar-refractivity contribution in [1.29, 1.82) is 0 Å². The van der Waals surface area contributed by atoms with Crippen LogP contribution in [0, 0.1) is 0 Å². The zero-order valence-corrected chi connectivity index (χ0v) is 61.0. The second kappa shape index (κ2) is 70.9. The zero-order chi connectivity index (χ0) is 67.2. The summed E-state index contributed by atoms with van der Waals surface area (Å²) >= 11 is 0. The Morgan fingerprint density at radius 3 is 1.10 bits per heavy atom. The molecule has 1 fully saturated rings. The van der Waals surface area contributed by atoms with E-state index < -0.39 is 49.5 Å². The number of unbranched alkanes of at least 4 members (excludes halogenated alkanes) is 52. The van der Waals surface area contributed by atoms with Crippen molar-refractivity contribution in [3.8, 4) is 0 Å². The van der Waals surface area contributed by atoms with Crippen molar-refractivity contribution in [3.63, 3.8) is 0 Å². The van der Waals surface area contributed by atoms with Gasteiger partial charge in [-0.15, -0.1) is 0 Å². The van der Waals surface area contributed by atoms with E-state index in [2.05, 4.69) is 55.6 Å². The van der Waals surface area contributed by atoms with Crippen molar-refractivity contribution in [2.45, 2.75) is 442 Å². The maximum Gasteiger partial charge on any atom is 0.305 e. The van der Waals surface area contributed by atoms with Crippen molar-refractivity contribution in [2.24, 2.45) is 0 Å². The summed E-state index contributed by atoms with van der Waals surface area (Å²) in [5.74, 6) is -0.167. The molecule has 11 heteroatoms. The van der Waals surface area contributed by atoms with Crippen molar-refractivity contribution in [3.05, 3.63) is 48.6 Å². The van der Waals surface area contributed by atoms with Gasteiger partial charge in [-0.3, -0.25) is 9.59 Å². The fraction of sp³-hybridized carbons (Fsp3) is 0.878. The average molecular weight is 1310 g/mol. The van der Waals surface area contributed by atoms with Gasteiger partial charge in [0.15, 0.2) is 6.29 Å². The fourth-order valence-electron chi connectivity index (χ4n) is 12.8. The van der Waals surface area contributed by atoms with Crippen LogP contribution in [0.5, 0.6) is 0 Å². The number of allylic oxidation sites excluding steroid dienone is 7. The molecule has 0 spiro atoms. The lowest BCUT2D eigenvalue weighted by Gasteiger charge is -2.40. The first-order valence-electron chi connectivity index (χ1n) is 40.4. The van der Waals surface area contributed by atoms with Gasteiger partial charge in [0, 0.05) is 12.8 Å². The molecule has 6 N–H and O–H groups in total. The number of carbonyl (C=O) groups is 2. The maximum atomic E-state index is 13.0. The molecule has 0 radical (unpaired) electrons. The highest BCUT2D eigenvalue weighted by atomic mass is 16.7. The van der Waals surface area contributed by atoms with Gasteiger partial charge in [0.05, 0.1) is 32.0 Å². The van der Waals surface area contributed by atoms with E-state index in [0.29, 0.717) is 19.4 Å². The molecule has 546 valence electrons. The van der Waals surface area contributed by atoms with E-state index in [1.165, 1.54) is 308 Å². The highest BCUT2D eigenvalue weighted by molar-refractivity contribution is 5.76. The first-order chi connectivity index (χ1) is 45.7. The molecule has 0 bridgehead atoms. The van der Waals surface area contributed by atoms with Gasteiger partial charge in [0.1, 0.15) is 24.4 Å². The Bertz CT molecular complexity index is 1690. The number of rotatable bonds is 72. The molecular weight excluding hydrogens is 1160 g/mol. The van der Waals surface area contributed by atoms with Gasteiger partial charge in [-0.25, -0.2) is 0 Å². The molecule has 1 saturated heterocycles. The number of esters is 1. The van der Waals surface area contributed by atoms with Crippen LogP contribution in [0.2, 0.25) is 0 Å². The Labute approximate surface area is 574 Å². The molecule has 0 aromatic heterocycles. The van der Waals surface area contributed by atoms with Crippen LogP contribution in [0.15, 0.2) is 48.6 Å². The minimum atomic E-state index is -1.57. The van der Waals surface area contributed by atoms with Gasteiger partial charge >= 0.3 is 5.97 Å². The predicted molar refractivity (Wildman–Crippen MR) is 394 cm³/mol. The molecule has 1 amide bonds. The van der Waals surface area contributed by atoms with E-state index in [0.717, 1.165) is 64.2 Å². The molecule has 0 aliphatic carbocycles. The summed E-state index contributed by atoms with van der Waals surface area (Å²) in [6, 6.07) is -0.807. The molecule has 1 aliphatic heterocycles. The van der Waals surface area contributed by atoms with Crippen LogP contribution in [0.3, 0.4) is 0 Å². The lowest BCUT2D eigenvalue weighted by atomic mass is 9.99. The zero-order valence-electron chi connectivity index (χ0n) is 61.0. The van der Waals surface area contributed by atoms with E-state index in [1.807, 2.05) is 6.08 Å². The Hall–Kier alpha value is -2.38. The van der Waals surface area contributed by atoms with Crippen LogP contribution in [-0.2, 0) is 23.8 Å². The van der Waals surface area contributed by atoms with Crippen LogP contribution in [0.1, 0.15) is 399 Å². The molecule has 1 heterocycles. The van der Waals surface area contributed by atoms with E-state index in [1.54, 1.807) is 6.08 Å². The number of aliphatic hydroxyl groups excluding tert-OH is 5. The second-order valence-electron chi connectivity index (χ2n) is 28.1. The number of aliphatic hydroxyl groups is 5. The monoisotopic (exact) mass is 1310 g/mol. The van der Waals surface area contributed by atoms with Crippen molar-refractivity contribution >= 4 is 11.9 Å².